The predicted octanol–water partition coefficient (Wildman–Crippen LogP) is 2.32. The molecule has 7 heteroatoms. The highest BCUT2D eigenvalue weighted by Gasteiger charge is 2.34. The fourth-order valence-corrected chi connectivity index (χ4v) is 4.05. The molecule has 0 spiro atoms. The summed E-state index contributed by atoms with van der Waals surface area (Å²) in [5.41, 5.74) is 1.49. The van der Waals surface area contributed by atoms with Gasteiger partial charge in [-0.15, -0.1) is 0 Å². The summed E-state index contributed by atoms with van der Waals surface area (Å²) in [6, 6.07) is 10.5. The van der Waals surface area contributed by atoms with Crippen molar-refractivity contribution in [2.24, 2.45) is 0 Å². The third-order valence-electron chi connectivity index (χ3n) is 5.55. The van der Waals surface area contributed by atoms with Gasteiger partial charge in [0.1, 0.15) is 11.8 Å². The van der Waals surface area contributed by atoms with Crippen LogP contribution in [0.1, 0.15) is 47.4 Å². The van der Waals surface area contributed by atoms with Crippen LogP contribution in [0.3, 0.4) is 0 Å². The monoisotopic (exact) mass is 395 g/mol. The van der Waals surface area contributed by atoms with Gasteiger partial charge in [-0.3, -0.25) is 14.4 Å². The molecular weight excluding hydrogens is 370 g/mol. The molecule has 2 aromatic rings. The van der Waals surface area contributed by atoms with Gasteiger partial charge in [0.2, 0.25) is 11.8 Å². The van der Waals surface area contributed by atoms with Crippen molar-refractivity contribution in [3.8, 4) is 0 Å². The first kappa shape index (κ1) is 19.2. The number of carbonyl (C=O) groups is 3. The lowest BCUT2D eigenvalue weighted by Crippen LogP contribution is -2.45. The Bertz CT molecular complexity index is 893. The molecule has 4 rings (SSSR count). The third kappa shape index (κ3) is 4.34. The molecule has 7 nitrogen and oxygen atoms in total. The molecule has 0 radical (unpaired) electrons. The minimum Gasteiger partial charge on any atom is -0.467 e. The van der Waals surface area contributed by atoms with Crippen LogP contribution >= 0.6 is 0 Å². The van der Waals surface area contributed by atoms with Crippen LogP contribution in [0.5, 0.6) is 0 Å². The van der Waals surface area contributed by atoms with Gasteiger partial charge in [0.25, 0.3) is 5.91 Å². The molecule has 2 saturated heterocycles. The van der Waals surface area contributed by atoms with Crippen molar-refractivity contribution in [1.82, 2.24) is 15.1 Å². The van der Waals surface area contributed by atoms with Crippen LogP contribution in [0.25, 0.3) is 0 Å². The van der Waals surface area contributed by atoms with Crippen molar-refractivity contribution in [1.29, 1.82) is 0 Å². The van der Waals surface area contributed by atoms with E-state index in [1.54, 1.807) is 29.4 Å². The highest BCUT2D eigenvalue weighted by molar-refractivity contribution is 5.98. The lowest BCUT2D eigenvalue weighted by atomic mass is 10.1. The van der Waals surface area contributed by atoms with Crippen LogP contribution in [0.2, 0.25) is 0 Å². The van der Waals surface area contributed by atoms with Gasteiger partial charge in [-0.05, 0) is 49.1 Å². The number of amides is 3. The second kappa shape index (κ2) is 8.51. The van der Waals surface area contributed by atoms with E-state index in [9.17, 15) is 14.4 Å². The van der Waals surface area contributed by atoms with Crippen molar-refractivity contribution < 1.29 is 18.8 Å². The largest absolute Gasteiger partial charge is 0.467 e. The number of benzene rings is 1. The first-order valence-corrected chi connectivity index (χ1v) is 10.1. The van der Waals surface area contributed by atoms with E-state index in [-0.39, 0.29) is 17.7 Å². The molecule has 3 amide bonds. The highest BCUT2D eigenvalue weighted by atomic mass is 16.3. The van der Waals surface area contributed by atoms with Crippen LogP contribution in [0.4, 0.5) is 0 Å². The molecule has 0 aliphatic carbocycles. The highest BCUT2D eigenvalue weighted by Crippen LogP contribution is 2.22. The van der Waals surface area contributed by atoms with Crippen LogP contribution < -0.4 is 5.32 Å². The van der Waals surface area contributed by atoms with Gasteiger partial charge in [-0.1, -0.05) is 12.1 Å². The Balaban J connectivity index is 1.41. The zero-order valence-electron chi connectivity index (χ0n) is 16.3. The Morgan fingerprint density at radius 1 is 1.14 bits per heavy atom. The Morgan fingerprint density at radius 2 is 2.03 bits per heavy atom. The molecule has 2 aliphatic rings. The second-order valence-corrected chi connectivity index (χ2v) is 7.57. The van der Waals surface area contributed by atoms with Gasteiger partial charge in [0.15, 0.2) is 0 Å². The third-order valence-corrected chi connectivity index (χ3v) is 5.55. The summed E-state index contributed by atoms with van der Waals surface area (Å²) in [7, 11) is 0. The Labute approximate surface area is 169 Å². The number of likely N-dealkylation sites (tertiary alicyclic amines) is 2. The minimum atomic E-state index is -0.471. The van der Waals surface area contributed by atoms with E-state index in [4.69, 9.17) is 4.42 Å². The molecule has 0 bridgehead atoms. The van der Waals surface area contributed by atoms with Gasteiger partial charge >= 0.3 is 0 Å². The van der Waals surface area contributed by atoms with E-state index in [2.05, 4.69) is 5.32 Å². The van der Waals surface area contributed by atoms with Crippen LogP contribution in [0.15, 0.2) is 47.1 Å². The summed E-state index contributed by atoms with van der Waals surface area (Å²) >= 11 is 0. The normalized spacial score (nSPS) is 19.0. The maximum absolute atomic E-state index is 13.1. The summed E-state index contributed by atoms with van der Waals surface area (Å²) in [4.78, 5) is 41.1. The summed E-state index contributed by atoms with van der Waals surface area (Å²) in [5.74, 6) is 0.536. The molecular formula is C22H25N3O4. The van der Waals surface area contributed by atoms with E-state index >= 15 is 0 Å². The molecule has 152 valence electrons. The first-order valence-electron chi connectivity index (χ1n) is 10.1. The van der Waals surface area contributed by atoms with Gasteiger partial charge < -0.3 is 19.5 Å². The molecule has 3 heterocycles. The average Bonchev–Trinajstić information content (AvgIpc) is 3.49. The maximum atomic E-state index is 13.1. The van der Waals surface area contributed by atoms with Crippen LogP contribution in [0, 0.1) is 0 Å². The number of nitrogens with zero attached hydrogens (tertiary/aromatic N) is 2. The fourth-order valence-electron chi connectivity index (χ4n) is 4.05. The lowest BCUT2D eigenvalue weighted by molar-refractivity contribution is -0.128. The van der Waals surface area contributed by atoms with Gasteiger partial charge in [-0.25, -0.2) is 0 Å². The second-order valence-electron chi connectivity index (χ2n) is 7.57. The zero-order valence-corrected chi connectivity index (χ0v) is 16.3. The van der Waals surface area contributed by atoms with Gasteiger partial charge in [-0.2, -0.15) is 0 Å². The van der Waals surface area contributed by atoms with Crippen LogP contribution in [-0.2, 0) is 22.7 Å². The van der Waals surface area contributed by atoms with Crippen molar-refractivity contribution in [3.05, 3.63) is 59.5 Å². The molecule has 29 heavy (non-hydrogen) atoms. The zero-order chi connectivity index (χ0) is 20.2. The standard InChI is InChI=1S/C22H25N3O4/c26-20-9-3-10-24(20)15-16-5-1-6-17(13-16)22(28)25-11-2-8-19(25)21(27)23-14-18-7-4-12-29-18/h1,4-7,12-13,19H,2-3,8-11,14-15H2,(H,23,27). The summed E-state index contributed by atoms with van der Waals surface area (Å²) in [5, 5.41) is 2.86. The van der Waals surface area contributed by atoms with Crippen molar-refractivity contribution in [2.75, 3.05) is 13.1 Å². The molecule has 2 fully saturated rings. The number of hydrogen-bond acceptors (Lipinski definition) is 4. The van der Waals surface area contributed by atoms with E-state index < -0.39 is 6.04 Å². The molecule has 1 atom stereocenters. The molecule has 1 N–H and O–H groups in total. The number of hydrogen-bond donors (Lipinski definition) is 1. The maximum Gasteiger partial charge on any atom is 0.254 e. The van der Waals surface area contributed by atoms with E-state index in [1.165, 1.54) is 0 Å². The van der Waals surface area contributed by atoms with Crippen molar-refractivity contribution in [3.63, 3.8) is 0 Å². The SMILES string of the molecule is O=C(NCc1ccco1)C1CCCN1C(=O)c1cccc(CN2CCCC2=O)c1. The fraction of sp³-hybridized carbons (Fsp3) is 0.409. The average molecular weight is 395 g/mol. The summed E-state index contributed by atoms with van der Waals surface area (Å²) in [6.07, 6.45) is 4.50. The molecule has 1 aromatic carbocycles. The van der Waals surface area contributed by atoms with E-state index in [1.807, 2.05) is 23.1 Å². The predicted molar refractivity (Wildman–Crippen MR) is 106 cm³/mol. The summed E-state index contributed by atoms with van der Waals surface area (Å²) in [6.45, 7) is 2.16. The van der Waals surface area contributed by atoms with Crippen molar-refractivity contribution in [2.45, 2.75) is 44.8 Å². The first-order chi connectivity index (χ1) is 14.1. The lowest BCUT2D eigenvalue weighted by Gasteiger charge is -2.24. The quantitative estimate of drug-likeness (QED) is 0.814. The molecule has 0 saturated carbocycles. The number of furan rings is 1. The Morgan fingerprint density at radius 3 is 2.79 bits per heavy atom. The number of rotatable bonds is 6. The number of carbonyl (C=O) groups excluding carboxylic acids is 3. The van der Waals surface area contributed by atoms with E-state index in [0.717, 1.165) is 24.9 Å². The number of nitrogens with one attached hydrogen (secondary N) is 1. The van der Waals surface area contributed by atoms with E-state index in [0.29, 0.717) is 43.8 Å². The topological polar surface area (TPSA) is 82.9 Å². The Kier molecular flexibility index (Phi) is 5.64. The van der Waals surface area contributed by atoms with Gasteiger partial charge in [0.05, 0.1) is 12.8 Å². The van der Waals surface area contributed by atoms with Crippen LogP contribution in [-0.4, -0.2) is 46.7 Å². The van der Waals surface area contributed by atoms with Crippen molar-refractivity contribution >= 4 is 17.7 Å². The summed E-state index contributed by atoms with van der Waals surface area (Å²) < 4.78 is 5.24. The minimum absolute atomic E-state index is 0.143. The van der Waals surface area contributed by atoms with Gasteiger partial charge in [0, 0.05) is 31.6 Å². The Hall–Kier alpha value is -3.09. The smallest absolute Gasteiger partial charge is 0.254 e. The molecule has 1 aromatic heterocycles. The molecule has 2 aliphatic heterocycles. The molecule has 1 unspecified atom stereocenters.